The van der Waals surface area contributed by atoms with Crippen LogP contribution in [0.2, 0.25) is 0 Å². The highest BCUT2D eigenvalue weighted by Gasteiger charge is 2.41. The Balaban J connectivity index is 1.42. The number of hydrogen-bond donors (Lipinski definition) is 2. The summed E-state index contributed by atoms with van der Waals surface area (Å²) in [6.07, 6.45) is 5.49. The molecule has 4 aliphatic heterocycles. The summed E-state index contributed by atoms with van der Waals surface area (Å²) in [6, 6.07) is 5.96. The van der Waals surface area contributed by atoms with Gasteiger partial charge in [0.05, 0.1) is 0 Å². The van der Waals surface area contributed by atoms with Gasteiger partial charge in [-0.25, -0.2) is 0 Å². The summed E-state index contributed by atoms with van der Waals surface area (Å²) >= 11 is 0. The third-order valence-corrected chi connectivity index (χ3v) is 7.09. The van der Waals surface area contributed by atoms with E-state index in [0.717, 1.165) is 30.9 Å². The zero-order valence-electron chi connectivity index (χ0n) is 16.7. The summed E-state index contributed by atoms with van der Waals surface area (Å²) in [5.41, 5.74) is 2.91. The predicted molar refractivity (Wildman–Crippen MR) is 108 cm³/mol. The number of fused-ring (bicyclic) bond motifs is 1. The third-order valence-electron chi connectivity index (χ3n) is 7.09. The van der Waals surface area contributed by atoms with Crippen LogP contribution in [0.5, 0.6) is 0 Å². The molecule has 1 unspecified atom stereocenters. The van der Waals surface area contributed by atoms with Gasteiger partial charge in [0.1, 0.15) is 6.04 Å². The highest BCUT2D eigenvalue weighted by atomic mass is 16.2. The molecule has 2 N–H and O–H groups in total. The molecule has 2 atom stereocenters. The van der Waals surface area contributed by atoms with E-state index in [1.165, 1.54) is 25.7 Å². The van der Waals surface area contributed by atoms with Crippen LogP contribution in [0.3, 0.4) is 0 Å². The van der Waals surface area contributed by atoms with Crippen molar-refractivity contribution in [3.8, 4) is 0 Å². The summed E-state index contributed by atoms with van der Waals surface area (Å²) in [5.74, 6) is 0.00241. The molecule has 5 rings (SSSR count). The van der Waals surface area contributed by atoms with Crippen LogP contribution in [0.1, 0.15) is 54.4 Å². The molecule has 1 aromatic rings. The van der Waals surface area contributed by atoms with Crippen LogP contribution in [0.4, 0.5) is 5.69 Å². The molecule has 0 spiro atoms. The highest BCUT2D eigenvalue weighted by molar-refractivity contribution is 6.06. The largest absolute Gasteiger partial charge is 0.368 e. The summed E-state index contributed by atoms with van der Waals surface area (Å²) in [5, 5.41) is 5.84. The fourth-order valence-electron chi connectivity index (χ4n) is 5.65. The SMILES string of the molecule is O=C1CCC(N2Cc3c(cccc3N3CCC[C@@H]3C3CCNCC3)C2=O)C(=O)N1. The number of nitrogens with zero attached hydrogens (tertiary/aromatic N) is 2. The molecule has 0 radical (unpaired) electrons. The molecule has 7 heteroatoms. The monoisotopic (exact) mass is 396 g/mol. The van der Waals surface area contributed by atoms with E-state index in [-0.39, 0.29) is 24.1 Å². The first-order chi connectivity index (χ1) is 14.1. The maximum Gasteiger partial charge on any atom is 0.255 e. The average molecular weight is 396 g/mol. The van der Waals surface area contributed by atoms with Crippen LogP contribution < -0.4 is 15.5 Å². The molecule has 29 heavy (non-hydrogen) atoms. The van der Waals surface area contributed by atoms with Gasteiger partial charge in [-0.15, -0.1) is 0 Å². The van der Waals surface area contributed by atoms with E-state index in [1.54, 1.807) is 4.90 Å². The van der Waals surface area contributed by atoms with Crippen molar-refractivity contribution in [3.05, 3.63) is 29.3 Å². The molecule has 3 fully saturated rings. The molecular formula is C22H28N4O3. The van der Waals surface area contributed by atoms with Crippen molar-refractivity contribution in [1.82, 2.24) is 15.5 Å². The lowest BCUT2D eigenvalue weighted by Gasteiger charge is -2.36. The fourth-order valence-corrected chi connectivity index (χ4v) is 5.65. The maximum absolute atomic E-state index is 13.1. The lowest BCUT2D eigenvalue weighted by Crippen LogP contribution is -2.52. The van der Waals surface area contributed by atoms with E-state index in [1.807, 2.05) is 12.1 Å². The first-order valence-electron chi connectivity index (χ1n) is 10.9. The number of amides is 3. The van der Waals surface area contributed by atoms with Gasteiger partial charge in [0.2, 0.25) is 11.8 Å². The smallest absolute Gasteiger partial charge is 0.255 e. The van der Waals surface area contributed by atoms with Crippen molar-refractivity contribution in [2.24, 2.45) is 5.92 Å². The van der Waals surface area contributed by atoms with Crippen molar-refractivity contribution in [1.29, 1.82) is 0 Å². The minimum absolute atomic E-state index is 0.0889. The van der Waals surface area contributed by atoms with Crippen molar-refractivity contribution < 1.29 is 14.4 Å². The summed E-state index contributed by atoms with van der Waals surface area (Å²) < 4.78 is 0. The standard InChI is InChI=1S/C22H28N4O3/c27-20-7-6-19(21(28)24-20)26-13-16-15(22(26)29)3-1-4-18(16)25-12-2-5-17(25)14-8-10-23-11-9-14/h1,3-4,14,17,19,23H,2,5-13H2,(H,24,27,28)/t17-,19?/m1/s1. The van der Waals surface area contributed by atoms with E-state index >= 15 is 0 Å². The average Bonchev–Trinajstić information content (AvgIpc) is 3.34. The number of imide groups is 1. The van der Waals surface area contributed by atoms with E-state index in [0.29, 0.717) is 30.5 Å². The molecule has 0 aliphatic carbocycles. The Morgan fingerprint density at radius 2 is 1.79 bits per heavy atom. The molecular weight excluding hydrogens is 368 g/mol. The number of anilines is 1. The molecule has 0 aromatic heterocycles. The lowest BCUT2D eigenvalue weighted by atomic mass is 9.88. The van der Waals surface area contributed by atoms with Crippen molar-refractivity contribution in [2.75, 3.05) is 24.5 Å². The van der Waals surface area contributed by atoms with Crippen molar-refractivity contribution in [3.63, 3.8) is 0 Å². The summed E-state index contributed by atoms with van der Waals surface area (Å²) in [4.78, 5) is 41.1. The van der Waals surface area contributed by atoms with E-state index in [2.05, 4.69) is 21.6 Å². The van der Waals surface area contributed by atoms with Crippen LogP contribution in [0.15, 0.2) is 18.2 Å². The Labute approximate surface area is 170 Å². The van der Waals surface area contributed by atoms with Gasteiger partial charge in [0.15, 0.2) is 0 Å². The van der Waals surface area contributed by atoms with Crippen molar-refractivity contribution >= 4 is 23.4 Å². The molecule has 154 valence electrons. The predicted octanol–water partition coefficient (Wildman–Crippen LogP) is 1.42. The maximum atomic E-state index is 13.1. The topological polar surface area (TPSA) is 81.8 Å². The summed E-state index contributed by atoms with van der Waals surface area (Å²) in [7, 11) is 0. The second-order valence-electron chi connectivity index (χ2n) is 8.69. The van der Waals surface area contributed by atoms with Gasteiger partial charge in [-0.2, -0.15) is 0 Å². The minimum atomic E-state index is -0.556. The van der Waals surface area contributed by atoms with Gasteiger partial charge >= 0.3 is 0 Å². The molecule has 4 aliphatic rings. The zero-order valence-corrected chi connectivity index (χ0v) is 16.7. The number of nitrogens with one attached hydrogen (secondary N) is 2. The Morgan fingerprint density at radius 3 is 2.59 bits per heavy atom. The summed E-state index contributed by atoms with van der Waals surface area (Å²) in [6.45, 7) is 3.65. The minimum Gasteiger partial charge on any atom is -0.368 e. The number of benzene rings is 1. The van der Waals surface area contributed by atoms with Gasteiger partial charge in [-0.05, 0) is 63.2 Å². The number of rotatable bonds is 3. The van der Waals surface area contributed by atoms with E-state index in [9.17, 15) is 14.4 Å². The van der Waals surface area contributed by atoms with Crippen LogP contribution in [0, 0.1) is 5.92 Å². The third kappa shape index (κ3) is 3.21. The van der Waals surface area contributed by atoms with E-state index in [4.69, 9.17) is 0 Å². The molecule has 4 heterocycles. The Hall–Kier alpha value is -2.41. The first kappa shape index (κ1) is 18.6. The van der Waals surface area contributed by atoms with Crippen LogP contribution >= 0.6 is 0 Å². The second kappa shape index (κ2) is 7.44. The first-order valence-corrected chi connectivity index (χ1v) is 10.9. The fraction of sp³-hybridized carbons (Fsp3) is 0.591. The highest BCUT2D eigenvalue weighted by Crippen LogP contribution is 2.39. The lowest BCUT2D eigenvalue weighted by molar-refractivity contribution is -0.136. The Bertz CT molecular complexity index is 848. The number of carbonyl (C=O) groups is 3. The van der Waals surface area contributed by atoms with E-state index < -0.39 is 6.04 Å². The molecule has 0 saturated carbocycles. The zero-order chi connectivity index (χ0) is 20.0. The Morgan fingerprint density at radius 1 is 0.966 bits per heavy atom. The quantitative estimate of drug-likeness (QED) is 0.755. The molecule has 3 amide bonds. The van der Waals surface area contributed by atoms with Crippen LogP contribution in [0.25, 0.3) is 0 Å². The number of carbonyl (C=O) groups excluding carboxylic acids is 3. The van der Waals surface area contributed by atoms with Gasteiger partial charge in [-0.3, -0.25) is 19.7 Å². The number of piperidine rings is 2. The molecule has 3 saturated heterocycles. The van der Waals surface area contributed by atoms with Gasteiger partial charge in [0.25, 0.3) is 5.91 Å². The Kier molecular flexibility index (Phi) is 4.78. The van der Waals surface area contributed by atoms with Crippen LogP contribution in [-0.2, 0) is 16.1 Å². The van der Waals surface area contributed by atoms with Gasteiger partial charge < -0.3 is 15.1 Å². The second-order valence-corrected chi connectivity index (χ2v) is 8.69. The normalized spacial score (nSPS) is 28.1. The molecule has 7 nitrogen and oxygen atoms in total. The van der Waals surface area contributed by atoms with Gasteiger partial charge in [-0.1, -0.05) is 6.07 Å². The van der Waals surface area contributed by atoms with Gasteiger partial charge in [0, 0.05) is 42.4 Å². The van der Waals surface area contributed by atoms with Crippen molar-refractivity contribution in [2.45, 2.75) is 57.2 Å². The van der Waals surface area contributed by atoms with Crippen LogP contribution in [-0.4, -0.2) is 54.3 Å². The number of hydrogen-bond acceptors (Lipinski definition) is 5. The molecule has 1 aromatic carbocycles. The molecule has 0 bridgehead atoms.